The lowest BCUT2D eigenvalue weighted by molar-refractivity contribution is 0.223. The summed E-state index contributed by atoms with van der Waals surface area (Å²) in [5.41, 5.74) is 6.22. The second kappa shape index (κ2) is 45.4. The van der Waals surface area contributed by atoms with Gasteiger partial charge in [-0.3, -0.25) is 0 Å². The standard InChI is InChI=1S/C45H60Br2N2O2.C37H44Br2N2O2.C8H17Br.CH4/c1-7-13-16-31(10-4)28-49-44-41-26-35(47)20-23-38(41)37-22-19-34(46)25-40(37)43(44)48-45(49)39-24-21-36(50-29-32(11-5)17-14-8-2)27-42(39)51-30-33(12-6)18-15-9-3;1-5-9-11-24(7-3)22-42-28-15-18-31(34(21-28)43-23-25(8-4)12-10-6-2)37-40-35-32-19-26(38)13-16-29(32)30-17-14-27(39)20-33(30)36(35)41-37;1-3-5-6-8(4-2)7-9;/h19-27,31-33H,7-18,28-30H2,1-6H3;13-21,24-25H,5-12,22-23H2,1-4H3,(H,40,41);8H,3-7H2,1-2H3;1H4. The fourth-order valence-electron chi connectivity index (χ4n) is 14.3. The Labute approximate surface area is 668 Å². The normalized spacial score (nSPS) is 13.3. The maximum absolute atomic E-state index is 6.89. The van der Waals surface area contributed by atoms with Crippen LogP contribution in [0.3, 0.4) is 0 Å². The number of rotatable bonds is 41. The van der Waals surface area contributed by atoms with Gasteiger partial charge in [0.05, 0.1) is 59.6 Å². The summed E-state index contributed by atoms with van der Waals surface area (Å²) in [4.78, 5) is 14.5. The Morgan fingerprint density at radius 1 is 0.365 bits per heavy atom. The van der Waals surface area contributed by atoms with E-state index in [1.807, 2.05) is 0 Å². The van der Waals surface area contributed by atoms with Gasteiger partial charge in [-0.1, -0.05) is 310 Å². The van der Waals surface area contributed by atoms with Crippen molar-refractivity contribution >= 4 is 145 Å². The predicted octanol–water partition coefficient (Wildman–Crippen LogP) is 31.4. The molecule has 6 unspecified atom stereocenters. The van der Waals surface area contributed by atoms with Crippen LogP contribution in [0.25, 0.3) is 87.9 Å². The highest BCUT2D eigenvalue weighted by Gasteiger charge is 2.26. The van der Waals surface area contributed by atoms with Crippen molar-refractivity contribution in [1.29, 1.82) is 0 Å². The van der Waals surface area contributed by atoms with E-state index in [0.29, 0.717) is 42.8 Å². The molecule has 2 heterocycles. The third-order valence-electron chi connectivity index (χ3n) is 21.5. The number of benzene rings is 8. The van der Waals surface area contributed by atoms with Crippen LogP contribution in [0.15, 0.2) is 127 Å². The summed E-state index contributed by atoms with van der Waals surface area (Å²) in [6.07, 6.45) is 29.3. The average molecular weight is 1740 g/mol. The summed E-state index contributed by atoms with van der Waals surface area (Å²) >= 11 is 18.5. The summed E-state index contributed by atoms with van der Waals surface area (Å²) in [6, 6.07) is 39.0. The molecule has 104 heavy (non-hydrogen) atoms. The topological polar surface area (TPSA) is 83.4 Å². The molecule has 8 aromatic carbocycles. The Morgan fingerprint density at radius 3 is 1.14 bits per heavy atom. The van der Waals surface area contributed by atoms with Crippen molar-refractivity contribution in [2.45, 2.75) is 251 Å². The maximum atomic E-state index is 6.89. The first-order valence-corrected chi connectivity index (χ1v) is 44.2. The Bertz CT molecular complexity index is 4140. The van der Waals surface area contributed by atoms with Crippen LogP contribution in [0.2, 0.25) is 0 Å². The van der Waals surface area contributed by atoms with Gasteiger partial charge in [-0.2, -0.15) is 0 Å². The van der Waals surface area contributed by atoms with Crippen molar-refractivity contribution in [3.8, 4) is 45.8 Å². The molecule has 0 bridgehead atoms. The number of nitrogens with zero attached hydrogens (tertiary/aromatic N) is 3. The number of aromatic nitrogens is 4. The molecule has 0 saturated carbocycles. The average Bonchev–Trinajstić information content (AvgIpc) is 1.56. The zero-order valence-electron chi connectivity index (χ0n) is 64.4. The maximum Gasteiger partial charge on any atom is 0.144 e. The number of hydrogen-bond acceptors (Lipinski definition) is 6. The van der Waals surface area contributed by atoms with Gasteiger partial charge in [-0.25, -0.2) is 9.97 Å². The fraction of sp³-hybridized carbons (Fsp3) is 0.538. The number of imidazole rings is 2. The van der Waals surface area contributed by atoms with Crippen LogP contribution in [-0.4, -0.2) is 51.3 Å². The molecule has 6 atom stereocenters. The Balaban J connectivity index is 0.000000260. The Hall–Kier alpha value is -4.66. The lowest BCUT2D eigenvalue weighted by Gasteiger charge is -2.22. The number of fused-ring (bicyclic) bond motifs is 12. The lowest BCUT2D eigenvalue weighted by Crippen LogP contribution is -2.14. The number of hydrogen-bond donors (Lipinski definition) is 1. The molecule has 0 saturated heterocycles. The van der Waals surface area contributed by atoms with Gasteiger partial charge in [0.15, 0.2) is 0 Å². The highest BCUT2D eigenvalue weighted by Crippen LogP contribution is 2.45. The number of ether oxygens (including phenoxy) is 4. The van der Waals surface area contributed by atoms with Crippen molar-refractivity contribution in [2.75, 3.05) is 31.8 Å². The summed E-state index contributed by atoms with van der Waals surface area (Å²) in [5, 5.41) is 10.7. The summed E-state index contributed by atoms with van der Waals surface area (Å²) in [6.45, 7) is 31.0. The first-order valence-electron chi connectivity index (χ1n) is 39.9. The predicted molar refractivity (Wildman–Crippen MR) is 470 cm³/mol. The number of aromatic amines is 1. The third kappa shape index (κ3) is 23.7. The van der Waals surface area contributed by atoms with E-state index in [-0.39, 0.29) is 7.43 Å². The van der Waals surface area contributed by atoms with Crippen LogP contribution >= 0.6 is 79.6 Å². The highest BCUT2D eigenvalue weighted by atomic mass is 79.9. The van der Waals surface area contributed by atoms with Crippen LogP contribution < -0.4 is 18.9 Å². The van der Waals surface area contributed by atoms with E-state index in [1.165, 1.54) is 165 Å². The molecule has 0 aliphatic carbocycles. The van der Waals surface area contributed by atoms with E-state index < -0.39 is 0 Å². The van der Waals surface area contributed by atoms with Crippen molar-refractivity contribution < 1.29 is 18.9 Å². The SMILES string of the molecule is C.CCCCC(CC)CBr.CCCCC(CC)COc1ccc(-c2nc3c4cc(Br)ccc4c4ccc(Br)cc4c3[nH]2)c(OCC(CC)CCCC)c1.CCCCC(CC)COc1ccc(-c2nc3c4cc(Br)ccc4c4ccc(Br)cc4c3n2CC(CC)CCCC)c(OCC(CC)CCCC)c1. The summed E-state index contributed by atoms with van der Waals surface area (Å²) in [5.74, 6) is 8.85. The van der Waals surface area contributed by atoms with Crippen molar-refractivity contribution in [3.63, 3.8) is 0 Å². The fourth-order valence-corrected chi connectivity index (χ4v) is 16.5. The number of nitrogens with one attached hydrogen (secondary N) is 1. The molecule has 0 aliphatic heterocycles. The second-order valence-electron chi connectivity index (χ2n) is 29.0. The summed E-state index contributed by atoms with van der Waals surface area (Å²) in [7, 11) is 0. The van der Waals surface area contributed by atoms with Crippen LogP contribution in [-0.2, 0) is 6.54 Å². The molecule has 0 radical (unpaired) electrons. The molecule has 0 aliphatic rings. The first-order chi connectivity index (χ1) is 50.1. The van der Waals surface area contributed by atoms with Crippen LogP contribution in [0.1, 0.15) is 245 Å². The van der Waals surface area contributed by atoms with Crippen LogP contribution in [0.4, 0.5) is 0 Å². The first kappa shape index (κ1) is 86.6. The largest absolute Gasteiger partial charge is 0.493 e. The minimum atomic E-state index is 0. The number of H-pyrrole nitrogens is 1. The molecule has 568 valence electrons. The Morgan fingerprint density at radius 2 is 0.721 bits per heavy atom. The zero-order chi connectivity index (χ0) is 73.8. The number of alkyl halides is 1. The van der Waals surface area contributed by atoms with Crippen LogP contribution in [0.5, 0.6) is 23.0 Å². The highest BCUT2D eigenvalue weighted by molar-refractivity contribution is 9.11. The Kier molecular flexibility index (Phi) is 37.8. The monoisotopic (exact) mass is 1730 g/mol. The van der Waals surface area contributed by atoms with Gasteiger partial charge in [0.2, 0.25) is 0 Å². The van der Waals surface area contributed by atoms with Crippen LogP contribution in [0, 0.1) is 35.5 Å². The molecule has 10 rings (SSSR count). The molecule has 0 spiro atoms. The molecular formula is C91H125Br5N4O4. The van der Waals surface area contributed by atoms with E-state index in [9.17, 15) is 0 Å². The molecule has 0 fully saturated rings. The van der Waals surface area contributed by atoms with Gasteiger partial charge < -0.3 is 28.5 Å². The zero-order valence-corrected chi connectivity index (χ0v) is 72.4. The smallest absolute Gasteiger partial charge is 0.144 e. The van der Waals surface area contributed by atoms with Gasteiger partial charge in [-0.15, -0.1) is 0 Å². The second-order valence-corrected chi connectivity index (χ2v) is 33.3. The molecule has 1 N–H and O–H groups in total. The lowest BCUT2D eigenvalue weighted by atomic mass is 9.97. The van der Waals surface area contributed by atoms with Gasteiger partial charge >= 0.3 is 0 Å². The minimum Gasteiger partial charge on any atom is -0.493 e. The molecule has 2 aromatic heterocycles. The van der Waals surface area contributed by atoms with E-state index in [1.54, 1.807) is 0 Å². The molecule has 0 amide bonds. The molecular weight excluding hydrogens is 1610 g/mol. The van der Waals surface area contributed by atoms with E-state index in [2.05, 4.69) is 281 Å². The third-order valence-corrected chi connectivity index (χ3v) is 24.3. The van der Waals surface area contributed by atoms with Gasteiger partial charge in [0.1, 0.15) is 34.6 Å². The summed E-state index contributed by atoms with van der Waals surface area (Å²) < 4.78 is 33.2. The van der Waals surface area contributed by atoms with Crippen molar-refractivity contribution in [3.05, 3.63) is 127 Å². The molecule has 8 nitrogen and oxygen atoms in total. The van der Waals surface area contributed by atoms with Gasteiger partial charge in [-0.05, 0) is 168 Å². The van der Waals surface area contributed by atoms with E-state index in [0.717, 1.165) is 149 Å². The number of halogens is 5. The minimum absolute atomic E-state index is 0. The number of unbranched alkanes of at least 4 members (excludes halogenated alkanes) is 6. The van der Waals surface area contributed by atoms with Crippen molar-refractivity contribution in [1.82, 2.24) is 19.5 Å². The van der Waals surface area contributed by atoms with E-state index in [4.69, 9.17) is 28.9 Å². The molecule has 10 aromatic rings. The molecule has 13 heteroatoms. The quantitative estimate of drug-likeness (QED) is 0.0304. The van der Waals surface area contributed by atoms with Gasteiger partial charge in [0.25, 0.3) is 0 Å². The van der Waals surface area contributed by atoms with Gasteiger partial charge in [0, 0.05) is 63.4 Å². The van der Waals surface area contributed by atoms with E-state index >= 15 is 0 Å². The van der Waals surface area contributed by atoms with Crippen molar-refractivity contribution in [2.24, 2.45) is 35.5 Å².